The molecule has 0 aliphatic carbocycles. The molecule has 11 heteroatoms. The molecule has 2 fully saturated rings. The van der Waals surface area contributed by atoms with Gasteiger partial charge in [0, 0.05) is 26.1 Å². The highest BCUT2D eigenvalue weighted by Gasteiger charge is 2.42. The van der Waals surface area contributed by atoms with Gasteiger partial charge in [0.15, 0.2) is 0 Å². The van der Waals surface area contributed by atoms with Gasteiger partial charge in [-0.25, -0.2) is 9.59 Å². The van der Waals surface area contributed by atoms with Gasteiger partial charge in [0.1, 0.15) is 18.1 Å². The van der Waals surface area contributed by atoms with Crippen molar-refractivity contribution in [2.75, 3.05) is 20.2 Å². The van der Waals surface area contributed by atoms with Crippen molar-refractivity contribution < 1.29 is 33.5 Å². The second kappa shape index (κ2) is 10.6. The van der Waals surface area contributed by atoms with Crippen molar-refractivity contribution in [2.45, 2.75) is 77.5 Å². The second-order valence-electron chi connectivity index (χ2n) is 8.31. The zero-order valence-electron chi connectivity index (χ0n) is 19.3. The first-order valence-corrected chi connectivity index (χ1v) is 10.8. The van der Waals surface area contributed by atoms with Gasteiger partial charge in [0.25, 0.3) is 11.7 Å². The van der Waals surface area contributed by atoms with Crippen LogP contribution in [-0.4, -0.2) is 94.6 Å². The molecular weight excluding hydrogens is 420 g/mol. The predicted molar refractivity (Wildman–Crippen MR) is 112 cm³/mol. The van der Waals surface area contributed by atoms with E-state index in [1.807, 2.05) is 6.92 Å². The van der Waals surface area contributed by atoms with Crippen LogP contribution in [0.5, 0.6) is 0 Å². The van der Waals surface area contributed by atoms with Gasteiger partial charge in [-0.2, -0.15) is 0 Å². The largest absolute Gasteiger partial charge is 0.463 e. The maximum atomic E-state index is 13.2. The van der Waals surface area contributed by atoms with Crippen molar-refractivity contribution in [3.8, 4) is 0 Å². The van der Waals surface area contributed by atoms with E-state index in [0.29, 0.717) is 25.9 Å². The molecule has 1 N–H and O–H groups in total. The zero-order chi connectivity index (χ0) is 24.2. The summed E-state index contributed by atoms with van der Waals surface area (Å²) in [7, 11) is 1.04. The van der Waals surface area contributed by atoms with Crippen LogP contribution >= 0.6 is 0 Å². The molecule has 0 aromatic carbocycles. The number of Topliss-reactive ketones (excluding diaryl/α,β-unsaturated/α-hetero) is 1. The predicted octanol–water partition coefficient (Wildman–Crippen LogP) is 0.0655. The molecule has 32 heavy (non-hydrogen) atoms. The normalized spacial score (nSPS) is 22.2. The summed E-state index contributed by atoms with van der Waals surface area (Å²) in [5, 5.41) is 2.56. The van der Waals surface area contributed by atoms with Crippen LogP contribution in [0, 0.1) is 0 Å². The Morgan fingerprint density at radius 3 is 2.12 bits per heavy atom. The van der Waals surface area contributed by atoms with E-state index in [1.54, 1.807) is 0 Å². The topological polar surface area (TPSA) is 133 Å². The molecular formula is C21H32N4O7. The van der Waals surface area contributed by atoms with Gasteiger partial charge in [0.2, 0.25) is 11.8 Å². The minimum atomic E-state index is -1.41. The number of ketones is 1. The molecule has 4 atom stereocenters. The number of ether oxygens (including phenoxy) is 1. The number of imide groups is 1. The van der Waals surface area contributed by atoms with Crippen molar-refractivity contribution in [3.05, 3.63) is 0 Å². The van der Waals surface area contributed by atoms with Gasteiger partial charge < -0.3 is 19.9 Å². The Morgan fingerprint density at radius 1 is 1.00 bits per heavy atom. The molecule has 0 radical (unpaired) electrons. The number of rotatable bonds is 6. The Morgan fingerprint density at radius 2 is 1.59 bits per heavy atom. The molecule has 0 bridgehead atoms. The quantitative estimate of drug-likeness (QED) is 0.445. The fourth-order valence-electron chi connectivity index (χ4n) is 4.19. The van der Waals surface area contributed by atoms with E-state index >= 15 is 0 Å². The summed E-state index contributed by atoms with van der Waals surface area (Å²) in [6.45, 7) is 6.76. The van der Waals surface area contributed by atoms with Crippen LogP contribution in [0.3, 0.4) is 0 Å². The third-order valence-electron chi connectivity index (χ3n) is 6.08. The number of carbonyl (C=O) groups excluding carboxylic acids is 6. The fourth-order valence-corrected chi connectivity index (χ4v) is 4.19. The number of nitrogens with one attached hydrogen (secondary N) is 1. The van der Waals surface area contributed by atoms with Crippen LogP contribution < -0.4 is 5.32 Å². The lowest BCUT2D eigenvalue weighted by Crippen LogP contribution is -2.60. The van der Waals surface area contributed by atoms with E-state index in [9.17, 15) is 28.8 Å². The third kappa shape index (κ3) is 5.25. The number of hydrogen-bond acceptors (Lipinski definition) is 7. The molecule has 2 heterocycles. The van der Waals surface area contributed by atoms with Crippen LogP contribution in [0.15, 0.2) is 0 Å². The highest BCUT2D eigenvalue weighted by molar-refractivity contribution is 6.36. The van der Waals surface area contributed by atoms with E-state index < -0.39 is 47.7 Å². The lowest BCUT2D eigenvalue weighted by molar-refractivity contribution is -0.154. The van der Waals surface area contributed by atoms with E-state index in [4.69, 9.17) is 0 Å². The zero-order valence-corrected chi connectivity index (χ0v) is 19.3. The molecule has 0 spiro atoms. The minimum absolute atomic E-state index is 0.134. The molecule has 0 aromatic rings. The number of urea groups is 1. The smallest absolute Gasteiger partial charge is 0.376 e. The Bertz CT molecular complexity index is 799. The summed E-state index contributed by atoms with van der Waals surface area (Å²) in [5.41, 5.74) is 0. The monoisotopic (exact) mass is 452 g/mol. The summed E-state index contributed by atoms with van der Waals surface area (Å²) >= 11 is 0. The van der Waals surface area contributed by atoms with E-state index in [1.165, 1.54) is 30.6 Å². The van der Waals surface area contributed by atoms with E-state index in [2.05, 4.69) is 10.1 Å². The number of likely N-dealkylation sites (tertiary alicyclic amines) is 2. The lowest BCUT2D eigenvalue weighted by Gasteiger charge is -2.34. The molecule has 1 unspecified atom stereocenters. The molecule has 11 nitrogen and oxygen atoms in total. The summed E-state index contributed by atoms with van der Waals surface area (Å²) in [6, 6.07) is -4.09. The van der Waals surface area contributed by atoms with Gasteiger partial charge >= 0.3 is 12.0 Å². The number of esters is 1. The Balaban J connectivity index is 2.23. The Kier molecular flexibility index (Phi) is 8.34. The molecule has 5 amide bonds. The highest BCUT2D eigenvalue weighted by atomic mass is 16.5. The molecule has 2 rings (SSSR count). The number of nitrogens with zero attached hydrogens (tertiary/aromatic N) is 3. The van der Waals surface area contributed by atoms with Crippen LogP contribution in [-0.2, 0) is 28.7 Å². The van der Waals surface area contributed by atoms with Crippen molar-refractivity contribution >= 4 is 35.5 Å². The highest BCUT2D eigenvalue weighted by Crippen LogP contribution is 2.21. The maximum absolute atomic E-state index is 13.2. The van der Waals surface area contributed by atoms with Crippen molar-refractivity contribution in [3.63, 3.8) is 0 Å². The van der Waals surface area contributed by atoms with Crippen LogP contribution in [0.25, 0.3) is 0 Å². The number of methoxy groups -OCH3 is 1. The Hall–Kier alpha value is -2.98. The van der Waals surface area contributed by atoms with Gasteiger partial charge in [0.05, 0.1) is 7.11 Å². The van der Waals surface area contributed by atoms with Gasteiger partial charge in [-0.15, -0.1) is 0 Å². The van der Waals surface area contributed by atoms with E-state index in [0.717, 1.165) is 24.9 Å². The standard InChI is InChI=1S/C21H32N4O7/c1-12-8-6-10-23(12)21(31)25(14(3)17(27)20(30)32-5)19(29)13(2)22-18(28)16-9-7-11-24(16)15(4)26/h12-14,16H,6-11H2,1-5H3,(H,22,28)/t12-,13+,14?,16+/m1/s1. The average molecular weight is 453 g/mol. The molecule has 0 aromatic heterocycles. The molecule has 178 valence electrons. The number of amides is 5. The first-order chi connectivity index (χ1) is 15.0. The molecule has 0 saturated carbocycles. The van der Waals surface area contributed by atoms with Crippen LogP contribution in [0.4, 0.5) is 4.79 Å². The second-order valence-corrected chi connectivity index (χ2v) is 8.31. The SMILES string of the molecule is COC(=O)C(=O)C(C)N(C(=O)[C@H](C)NC(=O)[C@@H]1CCCN1C(C)=O)C(=O)N1CCC[C@H]1C. The molecule has 2 aliphatic rings. The van der Waals surface area contributed by atoms with Crippen LogP contribution in [0.1, 0.15) is 53.4 Å². The maximum Gasteiger partial charge on any atom is 0.376 e. The summed E-state index contributed by atoms with van der Waals surface area (Å²) in [4.78, 5) is 78.8. The fraction of sp³-hybridized carbons (Fsp3) is 0.714. The average Bonchev–Trinajstić information content (AvgIpc) is 3.41. The summed E-state index contributed by atoms with van der Waals surface area (Å²) in [6.07, 6.45) is 2.64. The van der Waals surface area contributed by atoms with Gasteiger partial charge in [-0.05, 0) is 46.5 Å². The molecule has 2 saturated heterocycles. The van der Waals surface area contributed by atoms with Crippen molar-refractivity contribution in [2.24, 2.45) is 0 Å². The number of carbonyl (C=O) groups is 6. The van der Waals surface area contributed by atoms with E-state index in [-0.39, 0.29) is 11.9 Å². The third-order valence-corrected chi connectivity index (χ3v) is 6.08. The first kappa shape index (κ1) is 25.3. The summed E-state index contributed by atoms with van der Waals surface area (Å²) in [5.74, 6) is -3.78. The van der Waals surface area contributed by atoms with Crippen molar-refractivity contribution in [1.82, 2.24) is 20.0 Å². The minimum Gasteiger partial charge on any atom is -0.463 e. The number of hydrogen-bond donors (Lipinski definition) is 1. The first-order valence-electron chi connectivity index (χ1n) is 10.8. The van der Waals surface area contributed by atoms with Crippen LogP contribution in [0.2, 0.25) is 0 Å². The summed E-state index contributed by atoms with van der Waals surface area (Å²) < 4.78 is 4.46. The lowest BCUT2D eigenvalue weighted by atomic mass is 10.1. The Labute approximate surface area is 187 Å². The van der Waals surface area contributed by atoms with Crippen molar-refractivity contribution in [1.29, 1.82) is 0 Å². The van der Waals surface area contributed by atoms with Gasteiger partial charge in [-0.1, -0.05) is 0 Å². The van der Waals surface area contributed by atoms with Gasteiger partial charge in [-0.3, -0.25) is 24.1 Å². The molecule has 2 aliphatic heterocycles.